The summed E-state index contributed by atoms with van der Waals surface area (Å²) in [6.45, 7) is 18.1. The molecule has 0 saturated heterocycles. The van der Waals surface area contributed by atoms with Crippen molar-refractivity contribution in [2.75, 3.05) is 0 Å². The Morgan fingerprint density at radius 2 is 0.778 bits per heavy atom. The van der Waals surface area contributed by atoms with Crippen LogP contribution in [0.3, 0.4) is 0 Å². The third kappa shape index (κ3) is 5.93. The van der Waals surface area contributed by atoms with Crippen molar-refractivity contribution < 1.29 is 58.9 Å². The predicted octanol–water partition coefficient (Wildman–Crippen LogP) is -3.74. The molecule has 4 aromatic carbocycles. The Morgan fingerprint density at radius 3 is 1.11 bits per heavy atom. The van der Waals surface area contributed by atoms with Crippen molar-refractivity contribution in [3.05, 3.63) is 111 Å². The van der Waals surface area contributed by atoms with Crippen molar-refractivity contribution >= 4 is 28.8 Å². The minimum atomic E-state index is -2.51. The molecule has 188 valence electrons. The van der Waals surface area contributed by atoms with E-state index in [-0.39, 0.29) is 58.9 Å². The molecule has 0 aromatic heterocycles. The summed E-state index contributed by atoms with van der Waals surface area (Å²) in [6, 6.07) is 26.0. The van der Waals surface area contributed by atoms with Crippen LogP contribution in [0.1, 0.15) is 44.5 Å². The maximum atomic E-state index is 2.45. The summed E-state index contributed by atoms with van der Waals surface area (Å²) >= 11 is 0. The molecule has 0 N–H and O–H groups in total. The van der Waals surface area contributed by atoms with Gasteiger partial charge in [0.25, 0.3) is 0 Å². The zero-order valence-corrected chi connectivity index (χ0v) is 27.3. The van der Waals surface area contributed by atoms with Gasteiger partial charge in [-0.25, -0.2) is 0 Å². The zero-order valence-electron chi connectivity index (χ0n) is 22.5. The Bertz CT molecular complexity index is 1200. The van der Waals surface area contributed by atoms with Gasteiger partial charge in [0.15, 0.2) is 0 Å². The molecule has 0 saturated carbocycles. The van der Waals surface area contributed by atoms with Gasteiger partial charge in [0.1, 0.15) is 8.07 Å². The van der Waals surface area contributed by atoms with E-state index in [1.165, 1.54) is 60.1 Å². The van der Waals surface area contributed by atoms with Gasteiger partial charge in [-0.1, -0.05) is 132 Å². The number of hydrogen-bond acceptors (Lipinski definition) is 0. The third-order valence-electron chi connectivity index (χ3n) is 7.44. The summed E-state index contributed by atoms with van der Waals surface area (Å²) in [5, 5.41) is 5.99. The van der Waals surface area contributed by atoms with Crippen LogP contribution in [0, 0.1) is 55.4 Å². The molecular weight excluding hydrogens is 555 g/mol. The molecular formula is C31H35Cl3SiTi. The van der Waals surface area contributed by atoms with Crippen molar-refractivity contribution in [1.29, 1.82) is 0 Å². The molecule has 0 bridgehead atoms. The molecule has 0 amide bonds. The second-order valence-corrected chi connectivity index (χ2v) is 13.5. The van der Waals surface area contributed by atoms with Gasteiger partial charge >= 0.3 is 21.7 Å². The first-order chi connectivity index (χ1) is 15.2. The minimum Gasteiger partial charge on any atom is -1.00 e. The van der Waals surface area contributed by atoms with E-state index in [2.05, 4.69) is 122 Å². The molecule has 0 aliphatic carbocycles. The van der Waals surface area contributed by atoms with Gasteiger partial charge in [-0.3, -0.25) is 0 Å². The fourth-order valence-corrected chi connectivity index (χ4v) is 11.1. The molecule has 5 heteroatoms. The Balaban J connectivity index is 0.00000306. The normalized spacial score (nSPS) is 10.4. The van der Waals surface area contributed by atoms with E-state index in [0.717, 1.165) is 0 Å². The molecule has 0 fully saturated rings. The van der Waals surface area contributed by atoms with E-state index in [1.54, 1.807) is 5.19 Å². The number of benzene rings is 3. The Hall–Kier alpha value is -1.19. The molecule has 0 nitrogen and oxygen atoms in total. The van der Waals surface area contributed by atoms with Crippen molar-refractivity contribution in [2.45, 2.75) is 55.4 Å². The average molecular weight is 590 g/mol. The second-order valence-electron chi connectivity index (χ2n) is 9.73. The zero-order chi connectivity index (χ0) is 23.2. The van der Waals surface area contributed by atoms with E-state index >= 15 is 0 Å². The molecule has 0 spiro atoms. The quantitative estimate of drug-likeness (QED) is 0.131. The summed E-state index contributed by atoms with van der Waals surface area (Å²) < 4.78 is 0. The van der Waals surface area contributed by atoms with Crippen molar-refractivity contribution in [3.63, 3.8) is 0 Å². The van der Waals surface area contributed by atoms with Gasteiger partial charge in [0.05, 0.1) is 0 Å². The van der Waals surface area contributed by atoms with Crippen LogP contribution < -0.4 is 58.0 Å². The maximum Gasteiger partial charge on any atom is 4.00 e. The molecule has 0 heterocycles. The molecule has 4 rings (SSSR count). The van der Waals surface area contributed by atoms with E-state index in [1.807, 2.05) is 0 Å². The number of hydrogen-bond donors (Lipinski definition) is 0. The minimum absolute atomic E-state index is 0. The van der Waals surface area contributed by atoms with Crippen LogP contribution in [0.25, 0.3) is 0 Å². The van der Waals surface area contributed by atoms with Gasteiger partial charge < -0.3 is 37.2 Å². The SMILES string of the molecule is Cc1ccc([Si](c2ccc(C)cc2)(c2cc(C)cc(C)c2)[c-]2c(C)c(C)c(C)c2C)cc1.[Cl-].[Cl-].[Cl-].[Ti+4]. The summed E-state index contributed by atoms with van der Waals surface area (Å²) in [4.78, 5) is 0. The van der Waals surface area contributed by atoms with Crippen LogP contribution in [-0.2, 0) is 21.7 Å². The van der Waals surface area contributed by atoms with E-state index in [0.29, 0.717) is 0 Å². The fourth-order valence-electron chi connectivity index (χ4n) is 5.51. The Labute approximate surface area is 252 Å². The fraction of sp³-hybridized carbons (Fsp3) is 0.258. The number of rotatable bonds is 4. The average Bonchev–Trinajstić information content (AvgIpc) is 2.94. The number of aryl methyl sites for hydroxylation is 4. The topological polar surface area (TPSA) is 0 Å². The Morgan fingerprint density at radius 1 is 0.444 bits per heavy atom. The van der Waals surface area contributed by atoms with Crippen LogP contribution in [-0.4, -0.2) is 8.07 Å². The molecule has 0 aliphatic rings. The van der Waals surface area contributed by atoms with Crippen LogP contribution >= 0.6 is 0 Å². The maximum absolute atomic E-state index is 2.51. The molecule has 0 aliphatic heterocycles. The first kappa shape index (κ1) is 34.8. The van der Waals surface area contributed by atoms with Gasteiger partial charge in [0.2, 0.25) is 0 Å². The predicted molar refractivity (Wildman–Crippen MR) is 144 cm³/mol. The van der Waals surface area contributed by atoms with E-state index < -0.39 is 8.07 Å². The first-order valence-corrected chi connectivity index (χ1v) is 13.6. The molecule has 0 radical (unpaired) electrons. The summed E-state index contributed by atoms with van der Waals surface area (Å²) in [7, 11) is -2.51. The van der Waals surface area contributed by atoms with Crippen molar-refractivity contribution in [1.82, 2.24) is 0 Å². The van der Waals surface area contributed by atoms with Crippen molar-refractivity contribution in [3.8, 4) is 0 Å². The van der Waals surface area contributed by atoms with Gasteiger partial charge in [-0.15, -0.1) is 5.19 Å². The Kier molecular flexibility index (Phi) is 13.1. The number of halogens is 3. The van der Waals surface area contributed by atoms with Gasteiger partial charge in [0, 0.05) is 0 Å². The van der Waals surface area contributed by atoms with E-state index in [4.69, 9.17) is 0 Å². The smallest absolute Gasteiger partial charge is 1.00 e. The standard InChI is InChI=1S/C31H35Si.3ClH.Ti/c1-20-9-13-28(14-10-20)32(29-15-11-21(2)12-16-29,30-18-22(3)17-23(4)19-30)31-26(7)24(5)25(6)27(31)8;;;;/h9-19H,1-8H3;3*1H;/q-1;;;;+4/p-3. The summed E-state index contributed by atoms with van der Waals surface area (Å²) in [5.74, 6) is 0. The van der Waals surface area contributed by atoms with Crippen LogP contribution in [0.2, 0.25) is 0 Å². The van der Waals surface area contributed by atoms with Crippen LogP contribution in [0.5, 0.6) is 0 Å². The molecule has 36 heavy (non-hydrogen) atoms. The molecule has 0 unspecified atom stereocenters. The molecule has 0 atom stereocenters. The second kappa shape index (κ2) is 13.6. The third-order valence-corrected chi connectivity index (χ3v) is 12.5. The molecule has 4 aromatic rings. The van der Waals surface area contributed by atoms with Crippen molar-refractivity contribution in [2.24, 2.45) is 0 Å². The summed E-state index contributed by atoms with van der Waals surface area (Å²) in [5.41, 5.74) is 11.1. The summed E-state index contributed by atoms with van der Waals surface area (Å²) in [6.07, 6.45) is 0. The largest absolute Gasteiger partial charge is 4.00 e. The van der Waals surface area contributed by atoms with Crippen LogP contribution in [0.4, 0.5) is 0 Å². The monoisotopic (exact) mass is 588 g/mol. The van der Waals surface area contributed by atoms with E-state index in [9.17, 15) is 0 Å². The van der Waals surface area contributed by atoms with Gasteiger partial charge in [-0.2, -0.15) is 22.3 Å². The first-order valence-electron chi connectivity index (χ1n) is 11.6. The van der Waals surface area contributed by atoms with Crippen LogP contribution in [0.15, 0.2) is 66.7 Å². The van der Waals surface area contributed by atoms with Gasteiger partial charge in [-0.05, 0) is 27.7 Å².